The molecule has 0 amide bonds. The molecule has 6 nitrogen and oxygen atoms in total. The Morgan fingerprint density at radius 2 is 1.62 bits per heavy atom. The normalized spacial score (nSPS) is 11.8. The van der Waals surface area contributed by atoms with E-state index in [9.17, 15) is 10.1 Å². The lowest BCUT2D eigenvalue weighted by atomic mass is 10.0. The zero-order valence-corrected chi connectivity index (χ0v) is 20.2. The molecule has 0 N–H and O–H groups in total. The van der Waals surface area contributed by atoms with Gasteiger partial charge in [-0.15, -0.1) is 0 Å². The molecule has 0 heterocycles. The summed E-state index contributed by atoms with van der Waals surface area (Å²) in [7, 11) is 3.08. The number of carbonyl (C=O) groups excluding carboxylic acids is 1. The van der Waals surface area contributed by atoms with Gasteiger partial charge in [-0.2, -0.15) is 5.26 Å². The zero-order valence-electron chi connectivity index (χ0n) is 18.7. The van der Waals surface area contributed by atoms with Crippen LogP contribution < -0.4 is 18.9 Å². The molecule has 1 atom stereocenters. The van der Waals surface area contributed by atoms with Gasteiger partial charge in [0.2, 0.25) is 0 Å². The monoisotopic (exact) mass is 497 g/mol. The highest BCUT2D eigenvalue weighted by Gasteiger charge is 2.19. The fraction of sp³-hybridized carbons (Fsp3) is 0.154. The Hall–Kier alpha value is -3.66. The first-order valence-electron chi connectivity index (χ1n) is 10.1. The molecule has 174 valence electrons. The van der Waals surface area contributed by atoms with Gasteiger partial charge < -0.3 is 18.9 Å². The molecule has 0 aliphatic carbocycles. The van der Waals surface area contributed by atoms with Crippen molar-refractivity contribution in [2.45, 2.75) is 13.0 Å². The summed E-state index contributed by atoms with van der Waals surface area (Å²) in [6.07, 6.45) is 0.828. The molecule has 0 bridgehead atoms. The Kier molecular flexibility index (Phi) is 8.42. The molecular formula is C26H21Cl2NO5. The summed E-state index contributed by atoms with van der Waals surface area (Å²) in [6.45, 7) is 1.56. The van der Waals surface area contributed by atoms with E-state index < -0.39 is 12.1 Å². The Morgan fingerprint density at radius 1 is 0.941 bits per heavy atom. The smallest absolute Gasteiger partial charge is 0.352 e. The van der Waals surface area contributed by atoms with Crippen LogP contribution in [0.3, 0.4) is 0 Å². The van der Waals surface area contributed by atoms with E-state index in [0.717, 1.165) is 5.56 Å². The molecule has 8 heteroatoms. The Labute approximate surface area is 207 Å². The third-order valence-electron chi connectivity index (χ3n) is 4.75. The second-order valence-corrected chi connectivity index (χ2v) is 7.91. The minimum Gasteiger partial charge on any atom is -0.493 e. The van der Waals surface area contributed by atoms with Crippen molar-refractivity contribution in [2.75, 3.05) is 14.2 Å². The number of hydrogen-bond donors (Lipinski definition) is 0. The van der Waals surface area contributed by atoms with Gasteiger partial charge in [-0.25, -0.2) is 4.79 Å². The highest BCUT2D eigenvalue weighted by atomic mass is 35.5. The molecule has 0 aliphatic rings. The summed E-state index contributed by atoms with van der Waals surface area (Å²) in [5.41, 5.74) is 1.87. The number of halogens is 2. The lowest BCUT2D eigenvalue weighted by molar-refractivity contribution is -0.141. The Bertz CT molecular complexity index is 1250. The van der Waals surface area contributed by atoms with Crippen molar-refractivity contribution in [3.05, 3.63) is 81.8 Å². The quantitative estimate of drug-likeness (QED) is 0.154. The molecule has 0 saturated heterocycles. The SMILES string of the molecule is COc1ccc(/C(C#N)=C\c2ccc(OC(=O)C(C)Oc3ccc(Cl)cc3Cl)cc2)cc1OC. The molecule has 0 spiro atoms. The predicted molar refractivity (Wildman–Crippen MR) is 132 cm³/mol. The van der Waals surface area contributed by atoms with Gasteiger partial charge in [0, 0.05) is 5.02 Å². The van der Waals surface area contributed by atoms with E-state index in [1.807, 2.05) is 0 Å². The first kappa shape index (κ1) is 25.0. The van der Waals surface area contributed by atoms with Crippen molar-refractivity contribution in [3.8, 4) is 29.1 Å². The van der Waals surface area contributed by atoms with E-state index in [2.05, 4.69) is 6.07 Å². The number of carbonyl (C=O) groups is 1. The van der Waals surface area contributed by atoms with Gasteiger partial charge in [0.1, 0.15) is 11.5 Å². The maximum atomic E-state index is 12.4. The second kappa shape index (κ2) is 11.5. The number of esters is 1. The highest BCUT2D eigenvalue weighted by molar-refractivity contribution is 6.35. The van der Waals surface area contributed by atoms with Gasteiger partial charge >= 0.3 is 5.97 Å². The summed E-state index contributed by atoms with van der Waals surface area (Å²) in [6, 6.07) is 18.9. The van der Waals surface area contributed by atoms with Crippen LogP contribution in [0.5, 0.6) is 23.0 Å². The standard InChI is InChI=1S/C26H21Cl2NO5/c1-16(33-23-11-7-20(27)14-22(23)28)26(30)34-21-8-4-17(5-9-21)12-19(15-29)18-6-10-24(31-2)25(13-18)32-3/h4-14,16H,1-3H3/b19-12-. The number of nitrogens with zero attached hydrogens (tertiary/aromatic N) is 1. The number of rotatable bonds is 8. The lowest BCUT2D eigenvalue weighted by Gasteiger charge is -2.15. The summed E-state index contributed by atoms with van der Waals surface area (Å²) in [5.74, 6) is 1.18. The summed E-state index contributed by atoms with van der Waals surface area (Å²) >= 11 is 12.0. The molecule has 0 saturated carbocycles. The molecule has 3 rings (SSSR count). The first-order valence-corrected chi connectivity index (χ1v) is 10.9. The molecule has 1 unspecified atom stereocenters. The minimum absolute atomic E-state index is 0.297. The van der Waals surface area contributed by atoms with Gasteiger partial charge in [-0.1, -0.05) is 35.3 Å². The number of ether oxygens (including phenoxy) is 4. The van der Waals surface area contributed by atoms with Gasteiger partial charge in [0.15, 0.2) is 17.6 Å². The highest BCUT2D eigenvalue weighted by Crippen LogP contribution is 2.31. The zero-order chi connectivity index (χ0) is 24.7. The van der Waals surface area contributed by atoms with Gasteiger partial charge in [-0.3, -0.25) is 0 Å². The number of benzene rings is 3. The topological polar surface area (TPSA) is 77.8 Å². The maximum absolute atomic E-state index is 12.4. The molecule has 0 radical (unpaired) electrons. The third-order valence-corrected chi connectivity index (χ3v) is 5.28. The summed E-state index contributed by atoms with van der Waals surface area (Å²) < 4.78 is 21.5. The largest absolute Gasteiger partial charge is 0.493 e. The van der Waals surface area contributed by atoms with Gasteiger partial charge in [0.25, 0.3) is 0 Å². The third kappa shape index (κ3) is 6.22. The average Bonchev–Trinajstić information content (AvgIpc) is 2.84. The maximum Gasteiger partial charge on any atom is 0.352 e. The van der Waals surface area contributed by atoms with Crippen molar-refractivity contribution in [3.63, 3.8) is 0 Å². The fourth-order valence-electron chi connectivity index (χ4n) is 2.99. The van der Waals surface area contributed by atoms with Gasteiger partial charge in [0.05, 0.1) is 30.9 Å². The molecule has 34 heavy (non-hydrogen) atoms. The first-order chi connectivity index (χ1) is 16.3. The number of hydrogen-bond acceptors (Lipinski definition) is 6. The second-order valence-electron chi connectivity index (χ2n) is 7.06. The lowest BCUT2D eigenvalue weighted by Crippen LogP contribution is -2.28. The van der Waals surface area contributed by atoms with E-state index in [4.69, 9.17) is 42.1 Å². The van der Waals surface area contributed by atoms with Crippen molar-refractivity contribution < 1.29 is 23.7 Å². The van der Waals surface area contributed by atoms with Crippen LogP contribution in [0.15, 0.2) is 60.7 Å². The van der Waals surface area contributed by atoms with Crippen LogP contribution in [-0.4, -0.2) is 26.3 Å². The van der Waals surface area contributed by atoms with Crippen LogP contribution in [0.25, 0.3) is 11.6 Å². The number of methoxy groups -OCH3 is 2. The molecule has 0 fully saturated rings. The van der Waals surface area contributed by atoms with Crippen LogP contribution in [-0.2, 0) is 4.79 Å². The van der Waals surface area contributed by atoms with Crippen molar-refractivity contribution in [1.82, 2.24) is 0 Å². The molecule has 3 aromatic carbocycles. The predicted octanol–water partition coefficient (Wildman–Crippen LogP) is 6.45. The molecule has 3 aromatic rings. The van der Waals surface area contributed by atoms with Crippen LogP contribution in [0.2, 0.25) is 10.0 Å². The van der Waals surface area contributed by atoms with Crippen molar-refractivity contribution >= 4 is 40.8 Å². The average molecular weight is 498 g/mol. The summed E-state index contributed by atoms with van der Waals surface area (Å²) in [4.78, 5) is 12.4. The Balaban J connectivity index is 1.69. The minimum atomic E-state index is -0.895. The van der Waals surface area contributed by atoms with E-state index in [1.54, 1.807) is 74.7 Å². The van der Waals surface area contributed by atoms with Crippen LogP contribution in [0.1, 0.15) is 18.1 Å². The van der Waals surface area contributed by atoms with E-state index in [1.165, 1.54) is 13.2 Å². The van der Waals surface area contributed by atoms with E-state index in [0.29, 0.717) is 44.2 Å². The van der Waals surface area contributed by atoms with Gasteiger partial charge in [-0.05, 0) is 72.7 Å². The van der Waals surface area contributed by atoms with Crippen molar-refractivity contribution in [2.24, 2.45) is 0 Å². The van der Waals surface area contributed by atoms with E-state index in [-0.39, 0.29) is 0 Å². The fourth-order valence-corrected chi connectivity index (χ4v) is 3.44. The summed E-state index contributed by atoms with van der Waals surface area (Å²) in [5, 5.41) is 10.4. The van der Waals surface area contributed by atoms with Crippen LogP contribution >= 0.6 is 23.2 Å². The Morgan fingerprint density at radius 3 is 2.24 bits per heavy atom. The van der Waals surface area contributed by atoms with Crippen LogP contribution in [0, 0.1) is 11.3 Å². The molecule has 0 aromatic heterocycles. The molecular weight excluding hydrogens is 477 g/mol. The number of allylic oxidation sites excluding steroid dienone is 1. The van der Waals surface area contributed by atoms with Crippen LogP contribution in [0.4, 0.5) is 0 Å². The van der Waals surface area contributed by atoms with E-state index >= 15 is 0 Å². The molecule has 0 aliphatic heterocycles. The number of nitriles is 1. The van der Waals surface area contributed by atoms with Crippen molar-refractivity contribution in [1.29, 1.82) is 5.26 Å².